The van der Waals surface area contributed by atoms with Crippen molar-refractivity contribution >= 4 is 22.7 Å². The van der Waals surface area contributed by atoms with Crippen LogP contribution in [-0.2, 0) is 0 Å². The second kappa shape index (κ2) is 7.02. The lowest BCUT2D eigenvalue weighted by Crippen LogP contribution is -2.12. The summed E-state index contributed by atoms with van der Waals surface area (Å²) in [6.07, 6.45) is 0. The van der Waals surface area contributed by atoms with E-state index >= 15 is 0 Å². The molecule has 0 aromatic heterocycles. The lowest BCUT2D eigenvalue weighted by molar-refractivity contribution is 1.19. The number of benzene rings is 3. The van der Waals surface area contributed by atoms with Crippen LogP contribution in [0.25, 0.3) is 0 Å². The molecule has 2 heteroatoms. The molecule has 2 nitrogen and oxygen atoms in total. The van der Waals surface area contributed by atoms with Gasteiger partial charge in [-0.15, -0.1) is 0 Å². The van der Waals surface area contributed by atoms with Crippen LogP contribution in [0.4, 0.5) is 22.7 Å². The molecule has 25 heavy (non-hydrogen) atoms. The molecule has 0 heterocycles. The van der Waals surface area contributed by atoms with E-state index in [1.807, 2.05) is 0 Å². The summed E-state index contributed by atoms with van der Waals surface area (Å²) < 4.78 is 0. The molecule has 0 spiro atoms. The van der Waals surface area contributed by atoms with Gasteiger partial charge in [-0.1, -0.05) is 35.4 Å². The fraction of sp³-hybridized carbons (Fsp3) is 0.217. The van der Waals surface area contributed by atoms with Crippen molar-refractivity contribution in [1.82, 2.24) is 0 Å². The topological polar surface area (TPSA) is 15.3 Å². The smallest absolute Gasteiger partial charge is 0.0650 e. The molecule has 0 aliphatic rings. The predicted octanol–water partition coefficient (Wildman–Crippen LogP) is 6.43. The van der Waals surface area contributed by atoms with Crippen molar-refractivity contribution in [2.75, 3.05) is 17.3 Å². The molecule has 0 fully saturated rings. The number of nitrogens with one attached hydrogen (secondary N) is 1. The molecule has 0 unspecified atom stereocenters. The van der Waals surface area contributed by atoms with Gasteiger partial charge in [0.2, 0.25) is 0 Å². The van der Waals surface area contributed by atoms with Crippen LogP contribution in [-0.4, -0.2) is 7.05 Å². The summed E-state index contributed by atoms with van der Waals surface area (Å²) in [6, 6.07) is 21.6. The maximum atomic E-state index is 3.59. The first kappa shape index (κ1) is 17.1. The third-order valence-corrected chi connectivity index (χ3v) is 4.73. The van der Waals surface area contributed by atoms with E-state index in [9.17, 15) is 0 Å². The van der Waals surface area contributed by atoms with Gasteiger partial charge in [0.25, 0.3) is 0 Å². The molecule has 0 radical (unpaired) electrons. The van der Waals surface area contributed by atoms with Gasteiger partial charge in [-0.25, -0.2) is 0 Å². The van der Waals surface area contributed by atoms with E-state index < -0.39 is 0 Å². The van der Waals surface area contributed by atoms with E-state index in [0.717, 1.165) is 11.4 Å². The zero-order valence-corrected chi connectivity index (χ0v) is 15.7. The van der Waals surface area contributed by atoms with E-state index in [0.29, 0.717) is 0 Å². The predicted molar refractivity (Wildman–Crippen MR) is 110 cm³/mol. The fourth-order valence-electron chi connectivity index (χ4n) is 2.88. The molecule has 0 aliphatic heterocycles. The average Bonchev–Trinajstić information content (AvgIpc) is 2.60. The first-order valence-corrected chi connectivity index (χ1v) is 8.69. The second-order valence-electron chi connectivity index (χ2n) is 6.84. The van der Waals surface area contributed by atoms with E-state index in [2.05, 4.69) is 106 Å². The quantitative estimate of drug-likeness (QED) is 0.593. The summed E-state index contributed by atoms with van der Waals surface area (Å²) in [7, 11) is 2.12. The minimum atomic E-state index is 1.10. The average molecular weight is 330 g/mol. The number of hydrogen-bond donors (Lipinski definition) is 1. The monoisotopic (exact) mass is 330 g/mol. The molecular formula is C23H26N2. The molecule has 0 bridgehead atoms. The van der Waals surface area contributed by atoms with Crippen LogP contribution in [0.3, 0.4) is 0 Å². The van der Waals surface area contributed by atoms with Gasteiger partial charge >= 0.3 is 0 Å². The van der Waals surface area contributed by atoms with Crippen LogP contribution in [0.5, 0.6) is 0 Å². The lowest BCUT2D eigenvalue weighted by atomic mass is 10.1. The van der Waals surface area contributed by atoms with E-state index in [1.165, 1.54) is 33.6 Å². The fourth-order valence-corrected chi connectivity index (χ4v) is 2.88. The molecule has 1 N–H and O–H groups in total. The van der Waals surface area contributed by atoms with Crippen LogP contribution < -0.4 is 10.2 Å². The summed E-state index contributed by atoms with van der Waals surface area (Å²) >= 11 is 0. The minimum absolute atomic E-state index is 1.10. The highest BCUT2D eigenvalue weighted by Gasteiger charge is 2.12. The summed E-state index contributed by atoms with van der Waals surface area (Å²) in [6.45, 7) is 8.55. The Morgan fingerprint density at radius 3 is 1.80 bits per heavy atom. The number of aryl methyl sites for hydroxylation is 4. The van der Waals surface area contributed by atoms with Gasteiger partial charge in [-0.05, 0) is 75.2 Å². The SMILES string of the molecule is Cc1ccc(Nc2cc(C)c(C)cc2N(C)c2ccc(C)cc2)cc1. The second-order valence-corrected chi connectivity index (χ2v) is 6.84. The normalized spacial score (nSPS) is 10.6. The Bertz CT molecular complexity index is 862. The van der Waals surface area contributed by atoms with Gasteiger partial charge < -0.3 is 10.2 Å². The molecule has 3 aromatic rings. The Morgan fingerprint density at radius 2 is 1.20 bits per heavy atom. The van der Waals surface area contributed by atoms with Gasteiger partial charge in [-0.3, -0.25) is 0 Å². The Kier molecular flexibility index (Phi) is 4.80. The van der Waals surface area contributed by atoms with E-state index in [-0.39, 0.29) is 0 Å². The molecule has 0 saturated carbocycles. The van der Waals surface area contributed by atoms with Crippen molar-refractivity contribution in [3.8, 4) is 0 Å². The van der Waals surface area contributed by atoms with Gasteiger partial charge in [0.05, 0.1) is 11.4 Å². The largest absolute Gasteiger partial charge is 0.354 e. The van der Waals surface area contributed by atoms with Crippen molar-refractivity contribution < 1.29 is 0 Å². The Balaban J connectivity index is 2.01. The van der Waals surface area contributed by atoms with Gasteiger partial charge in [0, 0.05) is 18.4 Å². The summed E-state index contributed by atoms with van der Waals surface area (Å²) in [5.41, 5.74) is 9.70. The van der Waals surface area contributed by atoms with Crippen molar-refractivity contribution in [3.63, 3.8) is 0 Å². The Morgan fingerprint density at radius 1 is 0.680 bits per heavy atom. The van der Waals surface area contributed by atoms with Crippen LogP contribution in [0.2, 0.25) is 0 Å². The standard InChI is InChI=1S/C23H26N2/c1-16-6-10-20(11-7-16)24-22-14-18(3)19(4)15-23(22)25(5)21-12-8-17(2)9-13-21/h6-15,24H,1-5H3. The highest BCUT2D eigenvalue weighted by atomic mass is 15.1. The van der Waals surface area contributed by atoms with Gasteiger partial charge in [0.1, 0.15) is 0 Å². The summed E-state index contributed by atoms with van der Waals surface area (Å²) in [5.74, 6) is 0. The third-order valence-electron chi connectivity index (χ3n) is 4.73. The highest BCUT2D eigenvalue weighted by molar-refractivity contribution is 5.81. The van der Waals surface area contributed by atoms with Crippen LogP contribution in [0, 0.1) is 27.7 Å². The van der Waals surface area contributed by atoms with Crippen LogP contribution in [0.1, 0.15) is 22.3 Å². The molecule has 0 atom stereocenters. The molecule has 0 aliphatic carbocycles. The van der Waals surface area contributed by atoms with Crippen molar-refractivity contribution in [2.24, 2.45) is 0 Å². The first-order valence-electron chi connectivity index (χ1n) is 8.69. The van der Waals surface area contributed by atoms with Gasteiger partial charge in [-0.2, -0.15) is 0 Å². The highest BCUT2D eigenvalue weighted by Crippen LogP contribution is 2.35. The minimum Gasteiger partial charge on any atom is -0.354 e. The maximum absolute atomic E-state index is 3.59. The zero-order valence-electron chi connectivity index (χ0n) is 15.7. The van der Waals surface area contributed by atoms with Crippen LogP contribution in [0.15, 0.2) is 60.7 Å². The molecular weight excluding hydrogens is 304 g/mol. The maximum Gasteiger partial charge on any atom is 0.0650 e. The Hall–Kier alpha value is -2.74. The zero-order chi connectivity index (χ0) is 18.0. The molecule has 128 valence electrons. The van der Waals surface area contributed by atoms with Gasteiger partial charge in [0.15, 0.2) is 0 Å². The molecule has 0 amide bonds. The number of anilines is 4. The number of nitrogens with zero attached hydrogens (tertiary/aromatic N) is 1. The van der Waals surface area contributed by atoms with E-state index in [1.54, 1.807) is 0 Å². The first-order chi connectivity index (χ1) is 11.9. The number of hydrogen-bond acceptors (Lipinski definition) is 2. The molecule has 3 aromatic carbocycles. The van der Waals surface area contributed by atoms with Crippen molar-refractivity contribution in [2.45, 2.75) is 27.7 Å². The van der Waals surface area contributed by atoms with Crippen LogP contribution >= 0.6 is 0 Å². The lowest BCUT2D eigenvalue weighted by Gasteiger charge is -2.25. The summed E-state index contributed by atoms with van der Waals surface area (Å²) in [5, 5.41) is 3.59. The van der Waals surface area contributed by atoms with Crippen molar-refractivity contribution in [3.05, 3.63) is 82.9 Å². The number of rotatable bonds is 4. The Labute approximate surface area is 151 Å². The molecule has 3 rings (SSSR count). The summed E-state index contributed by atoms with van der Waals surface area (Å²) in [4.78, 5) is 2.24. The third kappa shape index (κ3) is 3.85. The van der Waals surface area contributed by atoms with Crippen molar-refractivity contribution in [1.29, 1.82) is 0 Å². The molecule has 0 saturated heterocycles. The van der Waals surface area contributed by atoms with E-state index in [4.69, 9.17) is 0 Å².